The molecular formula is C11H10O5. The molecule has 1 saturated carbocycles. The Hall–Kier alpha value is -1.65. The van der Waals surface area contributed by atoms with E-state index in [-0.39, 0.29) is 5.92 Å². The molecule has 1 saturated heterocycles. The number of esters is 2. The van der Waals surface area contributed by atoms with E-state index >= 15 is 0 Å². The zero-order chi connectivity index (χ0) is 11.5. The average molecular weight is 222 g/mol. The Morgan fingerprint density at radius 2 is 2.19 bits per heavy atom. The molecule has 2 bridgehead atoms. The Kier molecular flexibility index (Phi) is 1.63. The molecule has 2 fully saturated rings. The summed E-state index contributed by atoms with van der Waals surface area (Å²) in [5.74, 6) is -3.71. The molecule has 0 unspecified atom stereocenters. The van der Waals surface area contributed by atoms with Crippen LogP contribution in [0.5, 0.6) is 0 Å². The maximum Gasteiger partial charge on any atom is 0.318 e. The predicted molar refractivity (Wildman–Crippen MR) is 50.0 cm³/mol. The number of cyclic esters (lactones) is 2. The highest BCUT2D eigenvalue weighted by Crippen LogP contribution is 2.56. The van der Waals surface area contributed by atoms with Crippen LogP contribution in [-0.4, -0.2) is 23.0 Å². The van der Waals surface area contributed by atoms with Gasteiger partial charge in [-0.2, -0.15) is 0 Å². The number of allylic oxidation sites excluding steroid dienone is 1. The maximum absolute atomic E-state index is 11.6. The summed E-state index contributed by atoms with van der Waals surface area (Å²) in [6.07, 6.45) is 4.36. The standard InChI is InChI=1S/C11H10O5/c12-8-6-5-1-3-11(4-2-5,10(14)15)7(6)9(13)16-8/h1,3,5-7H,2,4H2,(H,14,15)/t5-,6+,7-,11+/m0/s1. The minimum Gasteiger partial charge on any atom is -0.481 e. The van der Waals surface area contributed by atoms with E-state index in [1.54, 1.807) is 12.2 Å². The van der Waals surface area contributed by atoms with E-state index in [1.807, 2.05) is 0 Å². The van der Waals surface area contributed by atoms with Crippen molar-refractivity contribution in [3.63, 3.8) is 0 Å². The smallest absolute Gasteiger partial charge is 0.318 e. The van der Waals surface area contributed by atoms with Crippen LogP contribution in [0.3, 0.4) is 0 Å². The van der Waals surface area contributed by atoms with Crippen molar-refractivity contribution in [1.82, 2.24) is 0 Å². The number of carbonyl (C=O) groups is 3. The number of fused-ring (bicyclic) bond motifs is 1. The first-order valence-electron chi connectivity index (χ1n) is 5.24. The molecular weight excluding hydrogens is 212 g/mol. The SMILES string of the molecule is O=C1OC(=O)[C@@H]2[C@H]1[C@H]1C=C[C@@]2(C(=O)O)CC1. The summed E-state index contributed by atoms with van der Waals surface area (Å²) in [6, 6.07) is 0. The van der Waals surface area contributed by atoms with Gasteiger partial charge in [0, 0.05) is 0 Å². The van der Waals surface area contributed by atoms with E-state index in [2.05, 4.69) is 4.74 Å². The second-order valence-corrected chi connectivity index (χ2v) is 4.65. The van der Waals surface area contributed by atoms with Gasteiger partial charge in [-0.3, -0.25) is 14.4 Å². The highest BCUT2D eigenvalue weighted by Gasteiger charge is 2.64. The van der Waals surface area contributed by atoms with Crippen LogP contribution < -0.4 is 0 Å². The Balaban J connectivity index is 2.16. The number of hydrogen-bond acceptors (Lipinski definition) is 4. The summed E-state index contributed by atoms with van der Waals surface area (Å²) in [4.78, 5) is 34.4. The summed E-state index contributed by atoms with van der Waals surface area (Å²) < 4.78 is 4.58. The van der Waals surface area contributed by atoms with E-state index < -0.39 is 35.2 Å². The van der Waals surface area contributed by atoms with Crippen LogP contribution in [0.15, 0.2) is 12.2 Å². The average Bonchev–Trinajstić information content (AvgIpc) is 2.58. The van der Waals surface area contributed by atoms with Crippen molar-refractivity contribution in [3.8, 4) is 0 Å². The van der Waals surface area contributed by atoms with E-state index in [0.717, 1.165) is 0 Å². The quantitative estimate of drug-likeness (QED) is 0.393. The van der Waals surface area contributed by atoms with Crippen LogP contribution in [0.25, 0.3) is 0 Å². The van der Waals surface area contributed by atoms with Gasteiger partial charge in [0.25, 0.3) is 0 Å². The lowest BCUT2D eigenvalue weighted by atomic mass is 9.55. The number of ether oxygens (including phenoxy) is 1. The van der Waals surface area contributed by atoms with Crippen molar-refractivity contribution < 1.29 is 24.2 Å². The maximum atomic E-state index is 11.6. The lowest BCUT2D eigenvalue weighted by Gasteiger charge is -2.44. The fourth-order valence-electron chi connectivity index (χ4n) is 3.22. The number of rotatable bonds is 1. The van der Waals surface area contributed by atoms with E-state index in [9.17, 15) is 19.5 Å². The normalized spacial score (nSPS) is 44.4. The molecule has 0 aromatic heterocycles. The molecule has 0 spiro atoms. The third-order valence-electron chi connectivity index (χ3n) is 4.03. The van der Waals surface area contributed by atoms with Crippen molar-refractivity contribution in [1.29, 1.82) is 0 Å². The van der Waals surface area contributed by atoms with Gasteiger partial charge < -0.3 is 9.84 Å². The molecule has 0 radical (unpaired) electrons. The summed E-state index contributed by atoms with van der Waals surface area (Å²) in [5.41, 5.74) is -1.22. The van der Waals surface area contributed by atoms with Crippen LogP contribution in [0, 0.1) is 23.2 Å². The molecule has 1 heterocycles. The van der Waals surface area contributed by atoms with Gasteiger partial charge in [0.1, 0.15) is 0 Å². The second-order valence-electron chi connectivity index (χ2n) is 4.65. The van der Waals surface area contributed by atoms with Gasteiger partial charge in [0.15, 0.2) is 0 Å². The minimum atomic E-state index is -1.22. The molecule has 5 heteroatoms. The zero-order valence-electron chi connectivity index (χ0n) is 8.38. The molecule has 1 N–H and O–H groups in total. The minimum absolute atomic E-state index is 0.0369. The number of hydrogen-bond donors (Lipinski definition) is 1. The van der Waals surface area contributed by atoms with Crippen molar-refractivity contribution >= 4 is 17.9 Å². The summed E-state index contributed by atoms with van der Waals surface area (Å²) >= 11 is 0. The van der Waals surface area contributed by atoms with Gasteiger partial charge in [0.05, 0.1) is 17.3 Å². The van der Waals surface area contributed by atoms with Gasteiger partial charge >= 0.3 is 17.9 Å². The van der Waals surface area contributed by atoms with Crippen molar-refractivity contribution in [2.75, 3.05) is 0 Å². The van der Waals surface area contributed by atoms with Gasteiger partial charge in [-0.1, -0.05) is 12.2 Å². The lowest BCUT2D eigenvalue weighted by Crippen LogP contribution is -2.51. The second kappa shape index (κ2) is 2.72. The number of carboxylic acids is 1. The number of carbonyl (C=O) groups excluding carboxylic acids is 2. The molecule has 4 aliphatic rings. The molecule has 3 aliphatic carbocycles. The first-order chi connectivity index (χ1) is 7.56. The zero-order valence-corrected chi connectivity index (χ0v) is 8.38. The summed E-state index contributed by atoms with van der Waals surface area (Å²) in [5, 5.41) is 9.29. The Morgan fingerprint density at radius 1 is 1.44 bits per heavy atom. The van der Waals surface area contributed by atoms with Crippen molar-refractivity contribution in [2.24, 2.45) is 23.2 Å². The largest absolute Gasteiger partial charge is 0.481 e. The molecule has 0 aromatic rings. The Labute approximate surface area is 91.1 Å². The first-order valence-corrected chi connectivity index (χ1v) is 5.24. The van der Waals surface area contributed by atoms with E-state index in [4.69, 9.17) is 0 Å². The molecule has 4 rings (SSSR count). The predicted octanol–water partition coefficient (Wildman–Crippen LogP) is 0.353. The van der Waals surface area contributed by atoms with Crippen molar-refractivity contribution in [2.45, 2.75) is 12.8 Å². The molecule has 16 heavy (non-hydrogen) atoms. The van der Waals surface area contributed by atoms with Gasteiger partial charge in [0.2, 0.25) is 0 Å². The van der Waals surface area contributed by atoms with Crippen molar-refractivity contribution in [3.05, 3.63) is 12.2 Å². The lowest BCUT2D eigenvalue weighted by molar-refractivity contribution is -0.161. The molecule has 0 amide bonds. The highest BCUT2D eigenvalue weighted by atomic mass is 16.6. The van der Waals surface area contributed by atoms with Crippen LogP contribution >= 0.6 is 0 Å². The van der Waals surface area contributed by atoms with Crippen LogP contribution in [0.2, 0.25) is 0 Å². The summed E-state index contributed by atoms with van der Waals surface area (Å²) in [6.45, 7) is 0. The third kappa shape index (κ3) is 0.887. The summed E-state index contributed by atoms with van der Waals surface area (Å²) in [7, 11) is 0. The fraction of sp³-hybridized carbons (Fsp3) is 0.545. The number of carboxylic acid groups (broad SMARTS) is 1. The molecule has 84 valence electrons. The topological polar surface area (TPSA) is 80.7 Å². The van der Waals surface area contributed by atoms with Crippen LogP contribution in [0.4, 0.5) is 0 Å². The van der Waals surface area contributed by atoms with E-state index in [1.165, 1.54) is 0 Å². The number of aliphatic carboxylic acids is 1. The van der Waals surface area contributed by atoms with E-state index in [0.29, 0.717) is 12.8 Å². The molecule has 4 atom stereocenters. The first kappa shape index (κ1) is 9.57. The van der Waals surface area contributed by atoms with Gasteiger partial charge in [-0.15, -0.1) is 0 Å². The van der Waals surface area contributed by atoms with Gasteiger partial charge in [-0.05, 0) is 18.8 Å². The Bertz CT molecular complexity index is 438. The fourth-order valence-corrected chi connectivity index (χ4v) is 3.22. The molecule has 1 aliphatic heterocycles. The molecule has 0 aromatic carbocycles. The third-order valence-corrected chi connectivity index (χ3v) is 4.03. The van der Waals surface area contributed by atoms with Gasteiger partial charge in [-0.25, -0.2) is 0 Å². The Morgan fingerprint density at radius 3 is 2.75 bits per heavy atom. The highest BCUT2D eigenvalue weighted by molar-refractivity contribution is 6.01. The molecule has 5 nitrogen and oxygen atoms in total. The monoisotopic (exact) mass is 222 g/mol. The van der Waals surface area contributed by atoms with Crippen LogP contribution in [0.1, 0.15) is 12.8 Å². The van der Waals surface area contributed by atoms with Crippen LogP contribution in [-0.2, 0) is 19.1 Å².